The summed E-state index contributed by atoms with van der Waals surface area (Å²) in [5.41, 5.74) is 7.32. The van der Waals surface area contributed by atoms with Crippen molar-refractivity contribution in [3.8, 4) is 11.4 Å². The lowest BCUT2D eigenvalue weighted by molar-refractivity contribution is 0.181. The monoisotopic (exact) mass is 286 g/mol. The zero-order valence-electron chi connectivity index (χ0n) is 10.00. The lowest BCUT2D eigenvalue weighted by Gasteiger charge is -2.00. The maximum atomic E-state index is 5.48. The van der Waals surface area contributed by atoms with Crippen LogP contribution < -0.4 is 5.73 Å². The standard InChI is InChI=1S/C11H14N4OS.ClH/c1-16-7-9-6-8(3-5-13-9)11-14-10(2-4-12)17-15-11;/h3,5-6H,2,4,7,12H2,1H3;1H. The Bertz CT molecular complexity index is 491. The van der Waals surface area contributed by atoms with Crippen molar-refractivity contribution in [1.29, 1.82) is 0 Å². The highest BCUT2D eigenvalue weighted by atomic mass is 35.5. The number of methoxy groups -OCH3 is 1. The van der Waals surface area contributed by atoms with Crippen LogP contribution in [0.3, 0.4) is 0 Å². The lowest BCUT2D eigenvalue weighted by atomic mass is 10.2. The molecule has 0 fully saturated rings. The molecule has 0 bridgehead atoms. The van der Waals surface area contributed by atoms with Crippen LogP contribution in [0.5, 0.6) is 0 Å². The zero-order valence-corrected chi connectivity index (χ0v) is 11.6. The number of nitrogens with zero attached hydrogens (tertiary/aromatic N) is 3. The largest absolute Gasteiger partial charge is 0.378 e. The van der Waals surface area contributed by atoms with Gasteiger partial charge in [-0.05, 0) is 30.2 Å². The summed E-state index contributed by atoms with van der Waals surface area (Å²) in [5, 5.41) is 0.965. The van der Waals surface area contributed by atoms with Crippen molar-refractivity contribution in [2.75, 3.05) is 13.7 Å². The second kappa shape index (κ2) is 7.38. The third-order valence-corrected chi connectivity index (χ3v) is 2.96. The van der Waals surface area contributed by atoms with E-state index in [1.807, 2.05) is 12.1 Å². The van der Waals surface area contributed by atoms with Crippen LogP contribution in [0.15, 0.2) is 18.3 Å². The normalized spacial score (nSPS) is 10.1. The number of halogens is 1. The van der Waals surface area contributed by atoms with E-state index in [9.17, 15) is 0 Å². The van der Waals surface area contributed by atoms with E-state index in [1.165, 1.54) is 11.5 Å². The summed E-state index contributed by atoms with van der Waals surface area (Å²) in [7, 11) is 1.65. The predicted molar refractivity (Wildman–Crippen MR) is 73.9 cm³/mol. The van der Waals surface area contributed by atoms with Crippen molar-refractivity contribution in [3.63, 3.8) is 0 Å². The predicted octanol–water partition coefficient (Wildman–Crippen LogP) is 1.67. The molecule has 2 heterocycles. The van der Waals surface area contributed by atoms with Crippen molar-refractivity contribution < 1.29 is 4.74 Å². The second-order valence-corrected chi connectivity index (χ2v) is 4.36. The fraction of sp³-hybridized carbons (Fsp3) is 0.364. The fourth-order valence-electron chi connectivity index (χ4n) is 1.44. The third-order valence-electron chi connectivity index (χ3n) is 2.19. The van der Waals surface area contributed by atoms with E-state index in [-0.39, 0.29) is 12.4 Å². The van der Waals surface area contributed by atoms with Crippen molar-refractivity contribution in [2.24, 2.45) is 5.73 Å². The number of nitrogens with two attached hydrogens (primary N) is 1. The number of pyridine rings is 1. The van der Waals surface area contributed by atoms with Gasteiger partial charge in [0, 0.05) is 25.3 Å². The van der Waals surface area contributed by atoms with Gasteiger partial charge in [0.25, 0.3) is 0 Å². The van der Waals surface area contributed by atoms with Gasteiger partial charge in [-0.25, -0.2) is 4.98 Å². The minimum atomic E-state index is 0. The average Bonchev–Trinajstić information content (AvgIpc) is 2.79. The lowest BCUT2D eigenvalue weighted by Crippen LogP contribution is -2.02. The number of aromatic nitrogens is 3. The maximum absolute atomic E-state index is 5.48. The molecule has 0 radical (unpaired) electrons. The van der Waals surface area contributed by atoms with Gasteiger partial charge in [0.2, 0.25) is 0 Å². The minimum absolute atomic E-state index is 0. The number of ether oxygens (including phenoxy) is 1. The summed E-state index contributed by atoms with van der Waals surface area (Å²) in [6, 6.07) is 3.84. The Morgan fingerprint density at radius 3 is 3.00 bits per heavy atom. The molecule has 0 saturated carbocycles. The first-order chi connectivity index (χ1) is 8.33. The summed E-state index contributed by atoms with van der Waals surface area (Å²) >= 11 is 1.40. The molecule has 0 aliphatic heterocycles. The van der Waals surface area contributed by atoms with Crippen molar-refractivity contribution in [2.45, 2.75) is 13.0 Å². The summed E-state index contributed by atoms with van der Waals surface area (Å²) in [4.78, 5) is 8.63. The Morgan fingerprint density at radius 2 is 2.28 bits per heavy atom. The van der Waals surface area contributed by atoms with E-state index in [0.717, 1.165) is 28.5 Å². The third kappa shape index (κ3) is 3.71. The van der Waals surface area contributed by atoms with Gasteiger partial charge in [0.15, 0.2) is 5.82 Å². The van der Waals surface area contributed by atoms with Crippen LogP contribution in [0.1, 0.15) is 10.7 Å². The first-order valence-electron chi connectivity index (χ1n) is 5.30. The zero-order chi connectivity index (χ0) is 12.1. The van der Waals surface area contributed by atoms with Gasteiger partial charge in [-0.1, -0.05) is 0 Å². The number of rotatable bonds is 5. The molecule has 5 nitrogen and oxygen atoms in total. The molecular weight excluding hydrogens is 272 g/mol. The first-order valence-corrected chi connectivity index (χ1v) is 6.07. The molecule has 2 aromatic rings. The van der Waals surface area contributed by atoms with Crippen molar-refractivity contribution in [1.82, 2.24) is 14.3 Å². The van der Waals surface area contributed by atoms with E-state index < -0.39 is 0 Å². The van der Waals surface area contributed by atoms with Crippen LogP contribution in [0.25, 0.3) is 11.4 Å². The average molecular weight is 287 g/mol. The van der Waals surface area contributed by atoms with Crippen LogP contribution in [0, 0.1) is 0 Å². The van der Waals surface area contributed by atoms with Gasteiger partial charge in [-0.15, -0.1) is 12.4 Å². The number of hydrogen-bond acceptors (Lipinski definition) is 6. The molecule has 0 atom stereocenters. The SMILES string of the molecule is COCc1cc(-c2nsc(CCN)n2)ccn1.Cl. The first kappa shape index (κ1) is 15.0. The van der Waals surface area contributed by atoms with Crippen molar-refractivity contribution in [3.05, 3.63) is 29.0 Å². The maximum Gasteiger partial charge on any atom is 0.173 e. The van der Waals surface area contributed by atoms with E-state index in [1.54, 1.807) is 13.3 Å². The highest BCUT2D eigenvalue weighted by Gasteiger charge is 2.07. The topological polar surface area (TPSA) is 73.9 Å². The van der Waals surface area contributed by atoms with Crippen LogP contribution in [-0.4, -0.2) is 28.0 Å². The van der Waals surface area contributed by atoms with Gasteiger partial charge in [0.05, 0.1) is 12.3 Å². The molecule has 0 aliphatic rings. The number of hydrogen-bond donors (Lipinski definition) is 1. The van der Waals surface area contributed by atoms with Gasteiger partial charge in [-0.2, -0.15) is 4.37 Å². The molecule has 0 amide bonds. The van der Waals surface area contributed by atoms with E-state index in [0.29, 0.717) is 13.2 Å². The second-order valence-electron chi connectivity index (χ2n) is 3.52. The Morgan fingerprint density at radius 1 is 1.44 bits per heavy atom. The van der Waals surface area contributed by atoms with Gasteiger partial charge >= 0.3 is 0 Å². The highest BCUT2D eigenvalue weighted by molar-refractivity contribution is 7.05. The summed E-state index contributed by atoms with van der Waals surface area (Å²) in [6.45, 7) is 1.09. The molecule has 2 rings (SSSR count). The minimum Gasteiger partial charge on any atom is -0.378 e. The van der Waals surface area contributed by atoms with E-state index in [4.69, 9.17) is 10.5 Å². The summed E-state index contributed by atoms with van der Waals surface area (Å²) in [6.07, 6.45) is 2.51. The Kier molecular flexibility index (Phi) is 6.14. The van der Waals surface area contributed by atoms with Gasteiger partial charge in [0.1, 0.15) is 5.01 Å². The van der Waals surface area contributed by atoms with Crippen LogP contribution in [-0.2, 0) is 17.8 Å². The Balaban J connectivity index is 0.00000162. The highest BCUT2D eigenvalue weighted by Crippen LogP contribution is 2.18. The van der Waals surface area contributed by atoms with Gasteiger partial charge in [-0.3, -0.25) is 4.98 Å². The molecule has 0 unspecified atom stereocenters. The Hall–Kier alpha value is -1.08. The molecule has 0 saturated heterocycles. The van der Waals surface area contributed by atoms with Crippen LogP contribution >= 0.6 is 23.9 Å². The summed E-state index contributed by atoms with van der Waals surface area (Å²) < 4.78 is 9.36. The van der Waals surface area contributed by atoms with E-state index >= 15 is 0 Å². The quantitative estimate of drug-likeness (QED) is 0.905. The van der Waals surface area contributed by atoms with Crippen LogP contribution in [0.4, 0.5) is 0 Å². The molecule has 2 aromatic heterocycles. The van der Waals surface area contributed by atoms with Crippen molar-refractivity contribution >= 4 is 23.9 Å². The summed E-state index contributed by atoms with van der Waals surface area (Å²) in [5.74, 6) is 0.734. The Labute approximate surface area is 116 Å². The van der Waals surface area contributed by atoms with Gasteiger partial charge < -0.3 is 10.5 Å². The molecule has 0 aliphatic carbocycles. The molecule has 98 valence electrons. The van der Waals surface area contributed by atoms with E-state index in [2.05, 4.69) is 14.3 Å². The fourth-order valence-corrected chi connectivity index (χ4v) is 2.12. The smallest absolute Gasteiger partial charge is 0.173 e. The molecular formula is C11H15ClN4OS. The molecule has 7 heteroatoms. The molecule has 18 heavy (non-hydrogen) atoms. The van der Waals surface area contributed by atoms with Crippen LogP contribution in [0.2, 0.25) is 0 Å². The molecule has 2 N–H and O–H groups in total. The molecule has 0 aromatic carbocycles. The molecule has 0 spiro atoms.